The first-order chi connectivity index (χ1) is 16.0. The van der Waals surface area contributed by atoms with Crippen molar-refractivity contribution in [1.29, 1.82) is 0 Å². The van der Waals surface area contributed by atoms with Gasteiger partial charge < -0.3 is 29.7 Å². The van der Waals surface area contributed by atoms with Gasteiger partial charge in [0.15, 0.2) is 5.72 Å². The number of carbonyl (C=O) groups excluding carboxylic acids is 1. The smallest absolute Gasteiger partial charge is 0.248 e. The van der Waals surface area contributed by atoms with Crippen molar-refractivity contribution in [2.75, 3.05) is 18.1 Å². The van der Waals surface area contributed by atoms with Gasteiger partial charge in [-0.2, -0.15) is 0 Å². The van der Waals surface area contributed by atoms with Crippen LogP contribution in [0.15, 0.2) is 54.1 Å². The highest BCUT2D eigenvalue weighted by atomic mass is 16.6. The maximum Gasteiger partial charge on any atom is 0.248 e. The van der Waals surface area contributed by atoms with E-state index in [1.165, 1.54) is 0 Å². The summed E-state index contributed by atoms with van der Waals surface area (Å²) in [5.74, 6) is -0.106. The van der Waals surface area contributed by atoms with Gasteiger partial charge in [0.2, 0.25) is 5.91 Å². The molecule has 2 bridgehead atoms. The molecule has 5 atom stereocenters. The van der Waals surface area contributed by atoms with Crippen LogP contribution in [-0.4, -0.2) is 45.7 Å². The topological polar surface area (TPSA) is 87.0 Å². The molecule has 5 aliphatic rings. The van der Waals surface area contributed by atoms with Crippen molar-refractivity contribution in [1.82, 2.24) is 9.88 Å². The summed E-state index contributed by atoms with van der Waals surface area (Å²) in [5.41, 5.74) is 4.49. The number of fused-ring (bicyclic) bond motifs is 12. The first-order valence-electron chi connectivity index (χ1n) is 11.5. The van der Waals surface area contributed by atoms with Crippen LogP contribution in [0, 0.1) is 0 Å². The van der Waals surface area contributed by atoms with Crippen LogP contribution in [-0.2, 0) is 15.3 Å². The van der Waals surface area contributed by atoms with Gasteiger partial charge in [-0.05, 0) is 30.2 Å². The fraction of sp³-hybridized carbons (Fsp3) is 0.346. The Kier molecular flexibility index (Phi) is 3.05. The fourth-order valence-electron chi connectivity index (χ4n) is 7.29. The highest BCUT2D eigenvalue weighted by molar-refractivity contribution is 6.13. The van der Waals surface area contributed by atoms with Gasteiger partial charge >= 0.3 is 0 Å². The minimum absolute atomic E-state index is 0.00235. The first-order valence-corrected chi connectivity index (χ1v) is 11.5. The Morgan fingerprint density at radius 1 is 1.18 bits per heavy atom. The van der Waals surface area contributed by atoms with Crippen molar-refractivity contribution in [2.24, 2.45) is 0 Å². The molecule has 0 radical (unpaired) electrons. The molecule has 1 fully saturated rings. The predicted molar refractivity (Wildman–Crippen MR) is 121 cm³/mol. The van der Waals surface area contributed by atoms with Crippen LogP contribution in [0.3, 0.4) is 0 Å². The second-order valence-corrected chi connectivity index (χ2v) is 10.0. The summed E-state index contributed by atoms with van der Waals surface area (Å²) in [6.45, 7) is 1.98. The van der Waals surface area contributed by atoms with E-state index >= 15 is 0 Å². The number of aliphatic hydroxyl groups is 2. The van der Waals surface area contributed by atoms with Gasteiger partial charge in [-0.15, -0.1) is 0 Å². The van der Waals surface area contributed by atoms with Crippen molar-refractivity contribution in [3.8, 4) is 0 Å². The van der Waals surface area contributed by atoms with Crippen molar-refractivity contribution >= 4 is 28.1 Å². The number of benzene rings is 2. The van der Waals surface area contributed by atoms with Crippen molar-refractivity contribution in [3.63, 3.8) is 0 Å². The molecule has 1 aliphatic carbocycles. The van der Waals surface area contributed by atoms with E-state index < -0.39 is 24.2 Å². The largest absolute Gasteiger partial charge is 0.393 e. The van der Waals surface area contributed by atoms with Crippen LogP contribution < -0.4 is 10.2 Å². The molecule has 3 N–H and O–H groups in total. The number of carbonyl (C=O) groups is 1. The Morgan fingerprint density at radius 3 is 2.82 bits per heavy atom. The van der Waals surface area contributed by atoms with Crippen LogP contribution >= 0.6 is 0 Å². The third kappa shape index (κ3) is 1.79. The van der Waals surface area contributed by atoms with Gasteiger partial charge in [0.25, 0.3) is 0 Å². The molecule has 33 heavy (non-hydrogen) atoms. The molecule has 1 saturated heterocycles. The average Bonchev–Trinajstić information content (AvgIpc) is 3.51. The van der Waals surface area contributed by atoms with E-state index in [9.17, 15) is 15.0 Å². The van der Waals surface area contributed by atoms with Gasteiger partial charge in [-0.1, -0.05) is 36.4 Å². The molecule has 0 saturated carbocycles. The molecule has 3 unspecified atom stereocenters. The average molecular weight is 441 g/mol. The fourth-order valence-corrected chi connectivity index (χ4v) is 7.29. The molecule has 166 valence electrons. The molecule has 1 amide bonds. The first kappa shape index (κ1) is 18.3. The number of hydrogen-bond donors (Lipinski definition) is 3. The van der Waals surface area contributed by atoms with Crippen molar-refractivity contribution < 1.29 is 19.7 Å². The van der Waals surface area contributed by atoms with Gasteiger partial charge in [-0.25, -0.2) is 0 Å². The minimum atomic E-state index is -1.45. The number of nitrogens with zero attached hydrogens (tertiary/aromatic N) is 2. The molecule has 0 spiro atoms. The lowest BCUT2D eigenvalue weighted by molar-refractivity contribution is -0.183. The lowest BCUT2D eigenvalue weighted by Gasteiger charge is -2.42. The molecule has 8 rings (SSSR count). The summed E-state index contributed by atoms with van der Waals surface area (Å²) < 4.78 is 8.85. The maximum absolute atomic E-state index is 13.2. The Bertz CT molecular complexity index is 1460. The maximum atomic E-state index is 13.2. The van der Waals surface area contributed by atoms with Gasteiger partial charge in [0.1, 0.15) is 11.8 Å². The van der Waals surface area contributed by atoms with Crippen LogP contribution in [0.25, 0.3) is 16.5 Å². The van der Waals surface area contributed by atoms with Crippen molar-refractivity contribution in [3.05, 3.63) is 70.9 Å². The van der Waals surface area contributed by atoms with E-state index in [2.05, 4.69) is 33.0 Å². The number of aliphatic hydroxyl groups excluding tert-OH is 1. The van der Waals surface area contributed by atoms with E-state index in [1.54, 1.807) is 0 Å². The SMILES string of the molecule is C[C@@]12OC(C[C@@]1(O)CO)N1c3ccccc3C3C4=C(CNC4=O)c4c(n2c2ccccc42)C31. The van der Waals surface area contributed by atoms with E-state index in [4.69, 9.17) is 4.74 Å². The van der Waals surface area contributed by atoms with Crippen LogP contribution in [0.5, 0.6) is 0 Å². The lowest BCUT2D eigenvalue weighted by atomic mass is 9.76. The highest BCUT2D eigenvalue weighted by Gasteiger charge is 2.66. The number of para-hydroxylation sites is 2. The number of amides is 1. The minimum Gasteiger partial charge on any atom is -0.393 e. The highest BCUT2D eigenvalue weighted by Crippen LogP contribution is 2.65. The number of nitrogens with one attached hydrogen (secondary N) is 1. The number of ether oxygens (including phenoxy) is 1. The summed E-state index contributed by atoms with van der Waals surface area (Å²) >= 11 is 0. The van der Waals surface area contributed by atoms with Crippen molar-refractivity contribution in [2.45, 2.75) is 42.9 Å². The third-order valence-electron chi connectivity index (χ3n) is 8.70. The monoisotopic (exact) mass is 441 g/mol. The van der Waals surface area contributed by atoms with E-state index in [0.29, 0.717) is 6.54 Å². The Morgan fingerprint density at radius 2 is 1.97 bits per heavy atom. The lowest BCUT2D eigenvalue weighted by Crippen LogP contribution is -2.54. The zero-order valence-electron chi connectivity index (χ0n) is 18.1. The standard InChI is InChI=1S/C26H23N3O4/c1-25-26(32,12-30)10-18(33-25)28-16-8-4-2-6-13(16)20-21-15(11-27-24(21)31)19-14-7-3-5-9-17(14)29(25)23(19)22(20)28/h2-9,18,20,22,30,32H,10-12H2,1H3,(H,27,31)/t18?,20?,22?,25-,26-/m1/s1. The Hall–Kier alpha value is -3.13. The van der Waals surface area contributed by atoms with Crippen LogP contribution in [0.4, 0.5) is 5.69 Å². The summed E-state index contributed by atoms with van der Waals surface area (Å²) in [4.78, 5) is 15.5. The normalized spacial score (nSPS) is 34.9. The quantitative estimate of drug-likeness (QED) is 0.540. The van der Waals surface area contributed by atoms with Gasteiger partial charge in [0.05, 0.1) is 23.9 Å². The molecular weight excluding hydrogens is 418 g/mol. The molecular formula is C26H23N3O4. The summed E-state index contributed by atoms with van der Waals surface area (Å²) in [5, 5.41) is 26.3. The zero-order chi connectivity index (χ0) is 22.3. The predicted octanol–water partition coefficient (Wildman–Crippen LogP) is 2.34. The third-order valence-corrected chi connectivity index (χ3v) is 8.70. The molecule has 5 heterocycles. The molecule has 1 aromatic heterocycles. The Balaban J connectivity index is 1.59. The Labute approximate surface area is 189 Å². The zero-order valence-corrected chi connectivity index (χ0v) is 18.1. The van der Waals surface area contributed by atoms with E-state index in [0.717, 1.165) is 44.6 Å². The van der Waals surface area contributed by atoms with Gasteiger partial charge in [0, 0.05) is 41.1 Å². The molecule has 7 heteroatoms. The summed E-state index contributed by atoms with van der Waals surface area (Å²) in [6.07, 6.45) is -0.154. The molecule has 4 aliphatic heterocycles. The number of anilines is 1. The number of hydrogen-bond acceptors (Lipinski definition) is 5. The molecule has 7 nitrogen and oxygen atoms in total. The second kappa shape index (κ2) is 5.50. The summed E-state index contributed by atoms with van der Waals surface area (Å²) in [6, 6.07) is 16.2. The van der Waals surface area contributed by atoms with Crippen LogP contribution in [0.2, 0.25) is 0 Å². The number of rotatable bonds is 1. The van der Waals surface area contributed by atoms with E-state index in [-0.39, 0.29) is 24.3 Å². The van der Waals surface area contributed by atoms with Gasteiger partial charge in [-0.3, -0.25) is 4.79 Å². The molecule has 2 aromatic carbocycles. The number of aromatic nitrogens is 1. The second-order valence-electron chi connectivity index (χ2n) is 10.0. The molecule has 3 aromatic rings. The van der Waals surface area contributed by atoms with Crippen LogP contribution in [0.1, 0.15) is 42.1 Å². The van der Waals surface area contributed by atoms with E-state index in [1.807, 2.05) is 37.3 Å². The summed E-state index contributed by atoms with van der Waals surface area (Å²) in [7, 11) is 0.